The first-order valence-electron chi connectivity index (χ1n) is 3.27. The van der Waals surface area contributed by atoms with E-state index in [1.54, 1.807) is 19.4 Å². The molecule has 0 atom stereocenters. The lowest BCUT2D eigenvalue weighted by Crippen LogP contribution is -1.84. The third-order valence-electron chi connectivity index (χ3n) is 1.52. The average Bonchev–Trinajstić information content (AvgIpc) is 2.48. The van der Waals surface area contributed by atoms with Crippen molar-refractivity contribution in [3.05, 3.63) is 16.9 Å². The summed E-state index contributed by atoms with van der Waals surface area (Å²) in [4.78, 5) is 3.97. The number of pyridine rings is 1. The maximum atomic E-state index is 5.10. The lowest BCUT2D eigenvalue weighted by Gasteiger charge is -1.97. The van der Waals surface area contributed by atoms with Crippen LogP contribution >= 0.6 is 15.9 Å². The Bertz CT molecular complexity index is 413. The van der Waals surface area contributed by atoms with Gasteiger partial charge in [0.1, 0.15) is 11.1 Å². The Balaban J connectivity index is 2.84. The summed E-state index contributed by atoms with van der Waals surface area (Å²) in [6.45, 7) is 0. The van der Waals surface area contributed by atoms with Crippen LogP contribution in [-0.2, 0) is 0 Å². The van der Waals surface area contributed by atoms with Gasteiger partial charge in [-0.3, -0.25) is 0 Å². The minimum atomic E-state index is 0.473. The van der Waals surface area contributed by atoms with Gasteiger partial charge in [0.05, 0.1) is 7.11 Å². The number of fused-ring (bicyclic) bond motifs is 1. The molecule has 0 aliphatic rings. The first-order valence-corrected chi connectivity index (χ1v) is 4.06. The minimum Gasteiger partial charge on any atom is -0.496 e. The number of rotatable bonds is 1. The van der Waals surface area contributed by atoms with Crippen LogP contribution in [0.3, 0.4) is 0 Å². The first kappa shape index (κ1) is 7.54. The number of nitrogens with zero attached hydrogens (tertiary/aromatic N) is 2. The Kier molecular flexibility index (Phi) is 1.73. The van der Waals surface area contributed by atoms with Crippen molar-refractivity contribution < 1.29 is 9.26 Å². The second kappa shape index (κ2) is 2.75. The van der Waals surface area contributed by atoms with E-state index in [4.69, 9.17) is 9.26 Å². The molecule has 0 unspecified atom stereocenters. The predicted octanol–water partition coefficient (Wildman–Crippen LogP) is 1.99. The molecular weight excluding hydrogens is 224 g/mol. The molecule has 2 aromatic rings. The van der Waals surface area contributed by atoms with Crippen molar-refractivity contribution in [3.8, 4) is 5.75 Å². The van der Waals surface area contributed by atoms with Gasteiger partial charge in [0.25, 0.3) is 5.71 Å². The number of halogens is 1. The van der Waals surface area contributed by atoms with E-state index in [9.17, 15) is 0 Å². The van der Waals surface area contributed by atoms with Gasteiger partial charge in [-0.15, -0.1) is 0 Å². The highest BCUT2D eigenvalue weighted by molar-refractivity contribution is 9.10. The fraction of sp³-hybridized carbons (Fsp3) is 0.143. The standard InChI is InChI=1S/C7H5BrN2O2/c1-11-4-2-3-9-7-5(4)6(8)10-12-7/h2-3H,1H3. The van der Waals surface area contributed by atoms with Crippen LogP contribution in [0.15, 0.2) is 21.4 Å². The average molecular weight is 229 g/mol. The van der Waals surface area contributed by atoms with Crippen molar-refractivity contribution in [1.82, 2.24) is 10.1 Å². The van der Waals surface area contributed by atoms with Crippen molar-refractivity contribution in [1.29, 1.82) is 0 Å². The molecule has 0 bridgehead atoms. The van der Waals surface area contributed by atoms with Crippen LogP contribution < -0.4 is 4.74 Å². The molecule has 62 valence electrons. The van der Waals surface area contributed by atoms with Crippen molar-refractivity contribution in [2.24, 2.45) is 0 Å². The molecular formula is C7H5BrN2O2. The number of ether oxygens (including phenoxy) is 1. The lowest BCUT2D eigenvalue weighted by molar-refractivity contribution is 0.418. The molecule has 4 nitrogen and oxygen atoms in total. The van der Waals surface area contributed by atoms with Crippen molar-refractivity contribution in [2.45, 2.75) is 0 Å². The van der Waals surface area contributed by atoms with E-state index in [1.807, 2.05) is 0 Å². The number of methoxy groups -OCH3 is 1. The smallest absolute Gasteiger partial charge is 0.262 e. The lowest BCUT2D eigenvalue weighted by atomic mass is 10.3. The Labute approximate surface area is 76.6 Å². The van der Waals surface area contributed by atoms with Gasteiger partial charge in [-0.25, -0.2) is 4.98 Å². The molecule has 0 saturated heterocycles. The fourth-order valence-electron chi connectivity index (χ4n) is 0.984. The van der Waals surface area contributed by atoms with E-state index in [0.717, 1.165) is 5.39 Å². The monoisotopic (exact) mass is 228 g/mol. The second-order valence-corrected chi connectivity index (χ2v) is 2.92. The topological polar surface area (TPSA) is 48.2 Å². The van der Waals surface area contributed by atoms with Gasteiger partial charge in [0.2, 0.25) is 0 Å². The zero-order valence-corrected chi connectivity index (χ0v) is 7.83. The van der Waals surface area contributed by atoms with Gasteiger partial charge in [-0.2, -0.15) is 0 Å². The highest BCUT2D eigenvalue weighted by Crippen LogP contribution is 2.29. The summed E-state index contributed by atoms with van der Waals surface area (Å²) in [6, 6.07) is 1.75. The summed E-state index contributed by atoms with van der Waals surface area (Å²) in [5.41, 5.74) is 0.473. The third-order valence-corrected chi connectivity index (χ3v) is 2.06. The Hall–Kier alpha value is -1.10. The molecule has 0 radical (unpaired) electrons. The SMILES string of the molecule is COc1ccnc2onc(Br)c12. The number of hydrogen-bond acceptors (Lipinski definition) is 4. The molecule has 0 amide bonds. The van der Waals surface area contributed by atoms with E-state index in [0.29, 0.717) is 16.1 Å². The van der Waals surface area contributed by atoms with E-state index in [2.05, 4.69) is 26.1 Å². The highest BCUT2D eigenvalue weighted by Gasteiger charge is 2.11. The van der Waals surface area contributed by atoms with Crippen LogP contribution in [0.1, 0.15) is 0 Å². The van der Waals surface area contributed by atoms with Gasteiger partial charge < -0.3 is 9.26 Å². The van der Waals surface area contributed by atoms with Crippen molar-refractivity contribution in [3.63, 3.8) is 0 Å². The van der Waals surface area contributed by atoms with E-state index < -0.39 is 0 Å². The quantitative estimate of drug-likeness (QED) is 0.750. The van der Waals surface area contributed by atoms with Gasteiger partial charge in [0, 0.05) is 6.20 Å². The summed E-state index contributed by atoms with van der Waals surface area (Å²) < 4.78 is 10.6. The first-order chi connectivity index (χ1) is 5.83. The number of aromatic nitrogens is 2. The Morgan fingerprint density at radius 3 is 3.17 bits per heavy atom. The normalized spacial score (nSPS) is 10.5. The summed E-state index contributed by atoms with van der Waals surface area (Å²) >= 11 is 3.23. The summed E-state index contributed by atoms with van der Waals surface area (Å²) in [7, 11) is 1.59. The minimum absolute atomic E-state index is 0.473. The highest BCUT2D eigenvalue weighted by atomic mass is 79.9. The molecule has 2 aromatic heterocycles. The summed E-state index contributed by atoms with van der Waals surface area (Å²) in [5, 5.41) is 4.47. The zero-order chi connectivity index (χ0) is 8.55. The van der Waals surface area contributed by atoms with Gasteiger partial charge in [-0.05, 0) is 22.0 Å². The van der Waals surface area contributed by atoms with Crippen LogP contribution in [0.2, 0.25) is 0 Å². The van der Waals surface area contributed by atoms with E-state index in [1.165, 1.54) is 0 Å². The molecule has 0 N–H and O–H groups in total. The van der Waals surface area contributed by atoms with Gasteiger partial charge >= 0.3 is 0 Å². The largest absolute Gasteiger partial charge is 0.496 e. The summed E-state index contributed by atoms with van der Waals surface area (Å²) in [6.07, 6.45) is 1.61. The third kappa shape index (κ3) is 0.972. The molecule has 5 heteroatoms. The number of hydrogen-bond donors (Lipinski definition) is 0. The van der Waals surface area contributed by atoms with E-state index >= 15 is 0 Å². The van der Waals surface area contributed by atoms with Crippen molar-refractivity contribution in [2.75, 3.05) is 7.11 Å². The maximum Gasteiger partial charge on any atom is 0.262 e. The Morgan fingerprint density at radius 1 is 1.58 bits per heavy atom. The molecule has 0 aliphatic carbocycles. The van der Waals surface area contributed by atoms with Crippen LogP contribution in [0.25, 0.3) is 11.1 Å². The van der Waals surface area contributed by atoms with Crippen LogP contribution in [0.4, 0.5) is 0 Å². The van der Waals surface area contributed by atoms with Gasteiger partial charge in [0.15, 0.2) is 4.60 Å². The molecule has 0 spiro atoms. The predicted molar refractivity (Wildman–Crippen MR) is 46.1 cm³/mol. The molecule has 2 heterocycles. The van der Waals surface area contributed by atoms with Gasteiger partial charge in [-0.1, -0.05) is 5.16 Å². The van der Waals surface area contributed by atoms with E-state index in [-0.39, 0.29) is 0 Å². The molecule has 2 rings (SSSR count). The molecule has 0 aromatic carbocycles. The van der Waals surface area contributed by atoms with Crippen LogP contribution in [0, 0.1) is 0 Å². The summed E-state index contributed by atoms with van der Waals surface area (Å²) in [5.74, 6) is 0.702. The van der Waals surface area contributed by atoms with Crippen LogP contribution in [0.5, 0.6) is 5.75 Å². The molecule has 0 saturated carbocycles. The fourth-order valence-corrected chi connectivity index (χ4v) is 1.42. The zero-order valence-electron chi connectivity index (χ0n) is 6.24. The second-order valence-electron chi connectivity index (χ2n) is 2.17. The molecule has 0 fully saturated rings. The van der Waals surface area contributed by atoms with Crippen molar-refractivity contribution >= 4 is 27.0 Å². The molecule has 12 heavy (non-hydrogen) atoms. The molecule has 0 aliphatic heterocycles. The Morgan fingerprint density at radius 2 is 2.42 bits per heavy atom. The maximum absolute atomic E-state index is 5.10. The van der Waals surface area contributed by atoms with Crippen LogP contribution in [-0.4, -0.2) is 17.3 Å².